The summed E-state index contributed by atoms with van der Waals surface area (Å²) < 4.78 is 32.6. The Hall–Kier alpha value is -2.25. The lowest BCUT2D eigenvalue weighted by Gasteiger charge is -2.19. The van der Waals surface area contributed by atoms with Crippen molar-refractivity contribution >= 4 is 39.0 Å². The number of benzene rings is 2. The molecule has 0 heterocycles. The number of nitrogens with one attached hydrogen (secondary N) is 1. The van der Waals surface area contributed by atoms with E-state index in [-0.39, 0.29) is 17.1 Å². The highest BCUT2D eigenvalue weighted by Gasteiger charge is 2.18. The van der Waals surface area contributed by atoms with E-state index in [0.717, 1.165) is 0 Å². The quantitative estimate of drug-likeness (QED) is 0.775. The zero-order chi connectivity index (χ0) is 18.6. The second-order valence-electron chi connectivity index (χ2n) is 5.41. The molecule has 0 radical (unpaired) electrons. The van der Waals surface area contributed by atoms with Gasteiger partial charge in [-0.25, -0.2) is 13.2 Å². The Bertz CT molecular complexity index is 865. The van der Waals surface area contributed by atoms with Crippen molar-refractivity contribution in [3.63, 3.8) is 0 Å². The van der Waals surface area contributed by atoms with Gasteiger partial charge in [0.2, 0.25) is 0 Å². The van der Waals surface area contributed by atoms with Crippen molar-refractivity contribution in [1.82, 2.24) is 0 Å². The number of nitrogens with zero attached hydrogens (tertiary/aromatic N) is 1. The highest BCUT2D eigenvalue weighted by molar-refractivity contribution is 7.92. The van der Waals surface area contributed by atoms with Crippen LogP contribution >= 0.6 is 11.6 Å². The van der Waals surface area contributed by atoms with Gasteiger partial charge in [-0.15, -0.1) is 0 Å². The van der Waals surface area contributed by atoms with E-state index >= 15 is 0 Å². The molecular formula is C17H19ClN2O4S. The number of rotatable bonds is 6. The predicted molar refractivity (Wildman–Crippen MR) is 99.0 cm³/mol. The van der Waals surface area contributed by atoms with Gasteiger partial charge in [-0.05, 0) is 49.4 Å². The summed E-state index contributed by atoms with van der Waals surface area (Å²) >= 11 is 5.98. The summed E-state index contributed by atoms with van der Waals surface area (Å²) in [7, 11) is -0.227. The van der Waals surface area contributed by atoms with Gasteiger partial charge in [0.25, 0.3) is 10.0 Å². The van der Waals surface area contributed by atoms with Gasteiger partial charge in [0.1, 0.15) is 0 Å². The number of carbonyl (C=O) groups is 1. The molecular weight excluding hydrogens is 364 g/mol. The SMILES string of the molecule is CCOC(=O)c1ccc(S(=O)(=O)Nc2cc(Cl)ccc2N(C)C)cc1. The van der Waals surface area contributed by atoms with Gasteiger partial charge in [-0.1, -0.05) is 11.6 Å². The third-order valence-electron chi connectivity index (χ3n) is 3.36. The van der Waals surface area contributed by atoms with Crippen LogP contribution in [0.1, 0.15) is 17.3 Å². The summed E-state index contributed by atoms with van der Waals surface area (Å²) in [5.74, 6) is -0.496. The third kappa shape index (κ3) is 4.64. The second kappa shape index (κ2) is 7.76. The number of hydrogen-bond acceptors (Lipinski definition) is 5. The maximum atomic E-state index is 12.6. The van der Waals surface area contributed by atoms with Crippen molar-refractivity contribution in [3.05, 3.63) is 53.1 Å². The minimum absolute atomic E-state index is 0.0326. The van der Waals surface area contributed by atoms with Gasteiger partial charge in [0.05, 0.1) is 28.4 Å². The topological polar surface area (TPSA) is 75.7 Å². The van der Waals surface area contributed by atoms with Crippen LogP contribution < -0.4 is 9.62 Å². The minimum atomic E-state index is -3.83. The molecule has 0 unspecified atom stereocenters. The van der Waals surface area contributed by atoms with E-state index in [1.165, 1.54) is 24.3 Å². The van der Waals surface area contributed by atoms with Gasteiger partial charge in [0, 0.05) is 19.1 Å². The normalized spacial score (nSPS) is 11.0. The summed E-state index contributed by atoms with van der Waals surface area (Å²) in [5, 5.41) is 0.418. The summed E-state index contributed by atoms with van der Waals surface area (Å²) in [6.07, 6.45) is 0. The Balaban J connectivity index is 2.31. The molecule has 2 rings (SSSR count). The Morgan fingerprint density at radius 3 is 2.36 bits per heavy atom. The number of ether oxygens (including phenoxy) is 1. The van der Waals surface area contributed by atoms with Crippen molar-refractivity contribution in [2.45, 2.75) is 11.8 Å². The van der Waals surface area contributed by atoms with Crippen molar-refractivity contribution in [2.24, 2.45) is 0 Å². The molecule has 2 aromatic rings. The molecule has 25 heavy (non-hydrogen) atoms. The fourth-order valence-electron chi connectivity index (χ4n) is 2.17. The molecule has 0 aliphatic carbocycles. The van der Waals surface area contributed by atoms with E-state index < -0.39 is 16.0 Å². The van der Waals surface area contributed by atoms with Crippen LogP contribution in [0.2, 0.25) is 5.02 Å². The second-order valence-corrected chi connectivity index (χ2v) is 7.53. The molecule has 0 atom stereocenters. The number of anilines is 2. The van der Waals surface area contributed by atoms with Crippen LogP contribution in [0.15, 0.2) is 47.4 Å². The number of esters is 1. The van der Waals surface area contributed by atoms with E-state index in [1.54, 1.807) is 44.1 Å². The number of halogens is 1. The van der Waals surface area contributed by atoms with Crippen LogP contribution in [0.3, 0.4) is 0 Å². The Morgan fingerprint density at radius 2 is 1.80 bits per heavy atom. The molecule has 0 aliphatic heterocycles. The van der Waals surface area contributed by atoms with Gasteiger partial charge < -0.3 is 9.64 Å². The largest absolute Gasteiger partial charge is 0.462 e. The molecule has 0 saturated carbocycles. The van der Waals surface area contributed by atoms with Crippen LogP contribution in [0.4, 0.5) is 11.4 Å². The monoisotopic (exact) mass is 382 g/mol. The highest BCUT2D eigenvalue weighted by atomic mass is 35.5. The fourth-order valence-corrected chi connectivity index (χ4v) is 3.41. The van der Waals surface area contributed by atoms with E-state index in [1.807, 2.05) is 0 Å². The average Bonchev–Trinajstić information content (AvgIpc) is 2.54. The third-order valence-corrected chi connectivity index (χ3v) is 4.98. The Labute approximate surface area is 152 Å². The van der Waals surface area contributed by atoms with Gasteiger partial charge in [0.15, 0.2) is 0 Å². The van der Waals surface area contributed by atoms with E-state index in [4.69, 9.17) is 16.3 Å². The van der Waals surface area contributed by atoms with Crippen LogP contribution in [0, 0.1) is 0 Å². The lowest BCUT2D eigenvalue weighted by atomic mass is 10.2. The number of carbonyl (C=O) groups excluding carboxylic acids is 1. The van der Waals surface area contributed by atoms with E-state index in [2.05, 4.69) is 4.72 Å². The lowest BCUT2D eigenvalue weighted by molar-refractivity contribution is 0.0526. The fraction of sp³-hybridized carbons (Fsp3) is 0.235. The molecule has 6 nitrogen and oxygen atoms in total. The summed E-state index contributed by atoms with van der Waals surface area (Å²) in [6.45, 7) is 1.95. The molecule has 1 N–H and O–H groups in total. The van der Waals surface area contributed by atoms with Crippen LogP contribution in [-0.4, -0.2) is 35.1 Å². The molecule has 0 bridgehead atoms. The summed E-state index contributed by atoms with van der Waals surface area (Å²) in [4.78, 5) is 13.5. The maximum Gasteiger partial charge on any atom is 0.338 e. The number of hydrogen-bond donors (Lipinski definition) is 1. The molecule has 0 spiro atoms. The predicted octanol–water partition coefficient (Wildman–Crippen LogP) is 3.38. The Kier molecular flexibility index (Phi) is 5.92. The first-order chi connectivity index (χ1) is 11.7. The smallest absolute Gasteiger partial charge is 0.338 e. The van der Waals surface area contributed by atoms with Crippen molar-refractivity contribution in [2.75, 3.05) is 30.3 Å². The van der Waals surface area contributed by atoms with Crippen molar-refractivity contribution in [1.29, 1.82) is 0 Å². The maximum absolute atomic E-state index is 12.6. The van der Waals surface area contributed by atoms with Gasteiger partial charge >= 0.3 is 5.97 Å². The van der Waals surface area contributed by atoms with Gasteiger partial charge in [-0.2, -0.15) is 0 Å². The molecule has 0 saturated heterocycles. The first kappa shape index (κ1) is 19.1. The lowest BCUT2D eigenvalue weighted by Crippen LogP contribution is -2.17. The zero-order valence-electron chi connectivity index (χ0n) is 14.1. The zero-order valence-corrected chi connectivity index (χ0v) is 15.7. The van der Waals surface area contributed by atoms with Crippen molar-refractivity contribution < 1.29 is 17.9 Å². The first-order valence-corrected chi connectivity index (χ1v) is 9.37. The Morgan fingerprint density at radius 1 is 1.16 bits per heavy atom. The van der Waals surface area contributed by atoms with Gasteiger partial charge in [-0.3, -0.25) is 4.72 Å². The molecule has 0 aliphatic rings. The molecule has 134 valence electrons. The molecule has 8 heteroatoms. The van der Waals surface area contributed by atoms with Crippen LogP contribution in [-0.2, 0) is 14.8 Å². The molecule has 0 fully saturated rings. The van der Waals surface area contributed by atoms with Crippen molar-refractivity contribution in [3.8, 4) is 0 Å². The first-order valence-electron chi connectivity index (χ1n) is 7.51. The van der Waals surface area contributed by atoms with E-state index in [0.29, 0.717) is 16.4 Å². The molecule has 0 aromatic heterocycles. The molecule has 2 aromatic carbocycles. The summed E-state index contributed by atoms with van der Waals surface area (Å²) in [5.41, 5.74) is 1.33. The summed E-state index contributed by atoms with van der Waals surface area (Å²) in [6, 6.07) is 10.5. The molecule has 0 amide bonds. The standard InChI is InChI=1S/C17H19ClN2O4S/c1-4-24-17(21)12-5-8-14(9-6-12)25(22,23)19-15-11-13(18)7-10-16(15)20(2)3/h5-11,19H,4H2,1-3H3. The minimum Gasteiger partial charge on any atom is -0.462 e. The van der Waals surface area contributed by atoms with Crippen LogP contribution in [0.5, 0.6) is 0 Å². The van der Waals surface area contributed by atoms with E-state index in [9.17, 15) is 13.2 Å². The average molecular weight is 383 g/mol. The highest BCUT2D eigenvalue weighted by Crippen LogP contribution is 2.30. The van der Waals surface area contributed by atoms with Crippen LogP contribution in [0.25, 0.3) is 0 Å². The number of sulfonamides is 1.